The van der Waals surface area contributed by atoms with Crippen molar-refractivity contribution in [3.8, 4) is 0 Å². The molecule has 0 aromatic carbocycles. The van der Waals surface area contributed by atoms with E-state index in [1.807, 2.05) is 0 Å². The first-order valence-corrected chi connectivity index (χ1v) is 6.50. The normalized spacial score (nSPS) is 44.4. The molecule has 0 aliphatic heterocycles. The maximum Gasteiger partial charge on any atom is 0.302 e. The van der Waals surface area contributed by atoms with Gasteiger partial charge in [-0.15, -0.1) is 0 Å². The summed E-state index contributed by atoms with van der Waals surface area (Å²) in [5, 5.41) is 0. The summed E-state index contributed by atoms with van der Waals surface area (Å²) in [6.45, 7) is 2.18. The summed E-state index contributed by atoms with van der Waals surface area (Å²) in [5.74, 6) is 0.516. The number of hydrogen-bond acceptors (Lipinski definition) is 2. The van der Waals surface area contributed by atoms with Crippen LogP contribution in [0.15, 0.2) is 12.2 Å². The van der Waals surface area contributed by atoms with Crippen LogP contribution in [0.25, 0.3) is 0 Å². The monoisotopic (exact) mass is 220 g/mol. The molecule has 0 N–H and O–H groups in total. The van der Waals surface area contributed by atoms with Gasteiger partial charge in [0.05, 0.1) is 6.61 Å². The number of rotatable bonds is 2. The molecule has 3 aliphatic carbocycles. The van der Waals surface area contributed by atoms with Gasteiger partial charge in [0, 0.05) is 12.8 Å². The predicted octanol–water partition coefficient (Wildman–Crippen LogP) is 3.08. The Morgan fingerprint density at radius 2 is 1.81 bits per heavy atom. The zero-order valence-electron chi connectivity index (χ0n) is 10.00. The molecule has 0 amide bonds. The van der Waals surface area contributed by atoms with Crippen LogP contribution in [0.5, 0.6) is 0 Å². The third-order valence-electron chi connectivity index (χ3n) is 5.32. The van der Waals surface area contributed by atoms with Crippen LogP contribution in [0.2, 0.25) is 0 Å². The van der Waals surface area contributed by atoms with E-state index in [4.69, 9.17) is 4.74 Å². The topological polar surface area (TPSA) is 26.3 Å². The van der Waals surface area contributed by atoms with Gasteiger partial charge < -0.3 is 4.74 Å². The summed E-state index contributed by atoms with van der Waals surface area (Å²) in [5.41, 5.74) is 1.02. The van der Waals surface area contributed by atoms with E-state index in [-0.39, 0.29) is 5.97 Å². The molecule has 2 atom stereocenters. The van der Waals surface area contributed by atoms with Crippen LogP contribution >= 0.6 is 0 Å². The largest absolute Gasteiger partial charge is 0.466 e. The molecule has 0 aromatic rings. The minimum absolute atomic E-state index is 0.124. The summed E-state index contributed by atoms with van der Waals surface area (Å²) >= 11 is 0. The van der Waals surface area contributed by atoms with E-state index in [1.54, 1.807) is 0 Å². The number of allylic oxidation sites excluding steroid dienone is 2. The van der Waals surface area contributed by atoms with E-state index in [0.29, 0.717) is 23.4 Å². The van der Waals surface area contributed by atoms with Crippen molar-refractivity contribution < 1.29 is 9.53 Å². The lowest BCUT2D eigenvalue weighted by Crippen LogP contribution is -2.20. The van der Waals surface area contributed by atoms with E-state index < -0.39 is 0 Å². The van der Waals surface area contributed by atoms with Crippen molar-refractivity contribution >= 4 is 5.97 Å². The summed E-state index contributed by atoms with van der Waals surface area (Å²) < 4.78 is 5.27. The smallest absolute Gasteiger partial charge is 0.302 e. The van der Waals surface area contributed by atoms with Gasteiger partial charge in [-0.25, -0.2) is 0 Å². The van der Waals surface area contributed by atoms with Crippen LogP contribution in [0.1, 0.15) is 45.4 Å². The van der Waals surface area contributed by atoms with Crippen molar-refractivity contribution in [2.75, 3.05) is 6.61 Å². The molecule has 0 bridgehead atoms. The molecule has 16 heavy (non-hydrogen) atoms. The summed E-state index contributed by atoms with van der Waals surface area (Å²) in [4.78, 5) is 10.9. The molecule has 2 fully saturated rings. The molecular weight excluding hydrogens is 200 g/mol. The first kappa shape index (κ1) is 10.4. The standard InChI is InChI=1S/C14H20O2/c1-11(15)16-10-12-13-6-2-3-7-14(12,13)9-5-4-8-13/h2-3,12H,4-10H2,1H3/t13-,14-/m1/s1. The first-order chi connectivity index (χ1) is 7.71. The van der Waals surface area contributed by atoms with Gasteiger partial charge in [-0.05, 0) is 36.5 Å². The van der Waals surface area contributed by atoms with Crippen LogP contribution in [0, 0.1) is 16.7 Å². The van der Waals surface area contributed by atoms with Crippen LogP contribution in [-0.4, -0.2) is 12.6 Å². The number of carbonyl (C=O) groups excluding carboxylic acids is 1. The highest BCUT2D eigenvalue weighted by Crippen LogP contribution is 2.80. The van der Waals surface area contributed by atoms with Crippen molar-refractivity contribution in [1.29, 1.82) is 0 Å². The predicted molar refractivity (Wildman–Crippen MR) is 61.8 cm³/mol. The van der Waals surface area contributed by atoms with Crippen LogP contribution in [0.4, 0.5) is 0 Å². The summed E-state index contributed by atoms with van der Waals surface area (Å²) in [6, 6.07) is 0. The SMILES string of the molecule is CC(=O)OCC1[C@]23CC=CC[C@@]12CCCC3. The van der Waals surface area contributed by atoms with E-state index in [2.05, 4.69) is 12.2 Å². The van der Waals surface area contributed by atoms with Crippen molar-refractivity contribution in [1.82, 2.24) is 0 Å². The lowest BCUT2D eigenvalue weighted by Gasteiger charge is -2.31. The number of ether oxygens (including phenoxy) is 1. The Balaban J connectivity index is 1.78. The molecule has 88 valence electrons. The average Bonchev–Trinajstić information content (AvgIpc) is 2.89. The van der Waals surface area contributed by atoms with Crippen LogP contribution in [0.3, 0.4) is 0 Å². The van der Waals surface area contributed by atoms with E-state index in [1.165, 1.54) is 45.4 Å². The highest BCUT2D eigenvalue weighted by molar-refractivity contribution is 5.66. The second-order valence-corrected chi connectivity index (χ2v) is 5.75. The molecule has 0 heterocycles. The minimum atomic E-state index is -0.124. The van der Waals surface area contributed by atoms with Gasteiger partial charge >= 0.3 is 5.97 Å². The summed E-state index contributed by atoms with van der Waals surface area (Å²) in [6.07, 6.45) is 12.6. The van der Waals surface area contributed by atoms with Gasteiger partial charge in [-0.3, -0.25) is 4.79 Å². The molecule has 3 rings (SSSR count). The number of carbonyl (C=O) groups is 1. The molecule has 0 aromatic heterocycles. The average molecular weight is 220 g/mol. The van der Waals surface area contributed by atoms with E-state index in [0.717, 1.165) is 0 Å². The number of hydrogen-bond donors (Lipinski definition) is 0. The van der Waals surface area contributed by atoms with Gasteiger partial charge in [-0.1, -0.05) is 25.0 Å². The second kappa shape index (κ2) is 3.35. The third-order valence-corrected chi connectivity index (χ3v) is 5.32. The lowest BCUT2D eigenvalue weighted by atomic mass is 9.73. The molecular formula is C14H20O2. The maximum absolute atomic E-state index is 10.9. The fourth-order valence-electron chi connectivity index (χ4n) is 4.57. The Labute approximate surface area is 97.1 Å². The Morgan fingerprint density at radius 1 is 1.25 bits per heavy atom. The number of esters is 1. The highest BCUT2D eigenvalue weighted by atomic mass is 16.5. The van der Waals surface area contributed by atoms with E-state index in [9.17, 15) is 4.79 Å². The quantitative estimate of drug-likeness (QED) is 0.528. The molecule has 0 unspecified atom stereocenters. The fraction of sp³-hybridized carbons (Fsp3) is 0.786. The summed E-state index contributed by atoms with van der Waals surface area (Å²) in [7, 11) is 0. The molecule has 2 heteroatoms. The molecule has 2 saturated carbocycles. The van der Waals surface area contributed by atoms with Crippen molar-refractivity contribution in [3.05, 3.63) is 12.2 Å². The molecule has 0 spiro atoms. The second-order valence-electron chi connectivity index (χ2n) is 5.75. The lowest BCUT2D eigenvalue weighted by molar-refractivity contribution is -0.141. The molecule has 3 aliphatic rings. The van der Waals surface area contributed by atoms with Crippen molar-refractivity contribution in [2.45, 2.75) is 45.4 Å². The van der Waals surface area contributed by atoms with Gasteiger partial charge in [0.1, 0.15) is 0 Å². The fourth-order valence-corrected chi connectivity index (χ4v) is 4.57. The molecule has 0 saturated heterocycles. The molecule has 2 nitrogen and oxygen atoms in total. The third kappa shape index (κ3) is 1.16. The van der Waals surface area contributed by atoms with Crippen molar-refractivity contribution in [2.24, 2.45) is 16.7 Å². The zero-order chi connectivity index (χ0) is 11.2. The Hall–Kier alpha value is -0.790. The van der Waals surface area contributed by atoms with Crippen LogP contribution < -0.4 is 0 Å². The van der Waals surface area contributed by atoms with E-state index >= 15 is 0 Å². The van der Waals surface area contributed by atoms with Gasteiger partial charge in [-0.2, -0.15) is 0 Å². The van der Waals surface area contributed by atoms with Crippen molar-refractivity contribution in [3.63, 3.8) is 0 Å². The van der Waals surface area contributed by atoms with Gasteiger partial charge in [0.25, 0.3) is 0 Å². The maximum atomic E-state index is 10.9. The van der Waals surface area contributed by atoms with Crippen LogP contribution in [-0.2, 0) is 9.53 Å². The zero-order valence-corrected chi connectivity index (χ0v) is 10.00. The molecule has 0 radical (unpaired) electrons. The Kier molecular flexibility index (Phi) is 2.17. The minimum Gasteiger partial charge on any atom is -0.466 e. The first-order valence-electron chi connectivity index (χ1n) is 6.50. The highest BCUT2D eigenvalue weighted by Gasteiger charge is 2.75. The Morgan fingerprint density at radius 3 is 2.31 bits per heavy atom. The van der Waals surface area contributed by atoms with Gasteiger partial charge in [0.2, 0.25) is 0 Å². The van der Waals surface area contributed by atoms with Gasteiger partial charge in [0.15, 0.2) is 0 Å². The Bertz CT molecular complexity index is 323.